The van der Waals surface area contributed by atoms with Crippen LogP contribution in [0.25, 0.3) is 0 Å². The van der Waals surface area contributed by atoms with Gasteiger partial charge in [-0.1, -0.05) is 70.5 Å². The van der Waals surface area contributed by atoms with E-state index >= 15 is 0 Å². The average molecular weight is 331 g/mol. The van der Waals surface area contributed by atoms with Crippen LogP contribution < -0.4 is 0 Å². The Bertz CT molecular complexity index is 351. The first-order valence-electron chi connectivity index (χ1n) is 8.17. The lowest BCUT2D eigenvalue weighted by molar-refractivity contribution is 0.151. The second-order valence-electron chi connectivity index (χ2n) is 6.06. The van der Waals surface area contributed by atoms with Crippen molar-refractivity contribution in [2.75, 3.05) is 6.61 Å². The molecule has 0 unspecified atom stereocenters. The lowest BCUT2D eigenvalue weighted by Crippen LogP contribution is -2.27. The molecule has 0 aromatic heterocycles. The van der Waals surface area contributed by atoms with Gasteiger partial charge in [0.1, 0.15) is 0 Å². The van der Waals surface area contributed by atoms with Gasteiger partial charge in [0.2, 0.25) is 9.04 Å². The lowest BCUT2D eigenvalue weighted by Gasteiger charge is -2.21. The van der Waals surface area contributed by atoms with Crippen molar-refractivity contribution in [2.24, 2.45) is 10.2 Å². The van der Waals surface area contributed by atoms with Crippen molar-refractivity contribution in [1.82, 2.24) is 0 Å². The smallest absolute Gasteiger partial charge is 0.452 e. The minimum atomic E-state index is -1.70. The summed E-state index contributed by atoms with van der Waals surface area (Å²) in [7, 11) is -1.70. The number of amides is 2. The van der Waals surface area contributed by atoms with E-state index in [-0.39, 0.29) is 0 Å². The molecule has 0 aromatic carbocycles. The molecule has 6 nitrogen and oxygen atoms in total. The van der Waals surface area contributed by atoms with Crippen LogP contribution in [-0.4, -0.2) is 27.8 Å². The third kappa shape index (κ3) is 10.5. The molecule has 0 saturated heterocycles. The van der Waals surface area contributed by atoms with Crippen LogP contribution in [0.2, 0.25) is 11.1 Å². The van der Waals surface area contributed by atoms with Crippen LogP contribution in [0.15, 0.2) is 10.2 Å². The monoisotopic (exact) mass is 330 g/mol. The normalized spacial score (nSPS) is 11.6. The summed E-state index contributed by atoms with van der Waals surface area (Å²) in [6.45, 7) is 10.5. The molecule has 22 heavy (non-hydrogen) atoms. The van der Waals surface area contributed by atoms with E-state index in [1.54, 1.807) is 0 Å². The zero-order valence-electron chi connectivity index (χ0n) is 14.5. The molecule has 0 fully saturated rings. The highest BCUT2D eigenvalue weighted by Crippen LogP contribution is 2.21. The summed E-state index contributed by atoms with van der Waals surface area (Å²) in [6.07, 6.45) is 3.71. The van der Waals surface area contributed by atoms with E-state index in [9.17, 15) is 9.59 Å². The molecule has 0 radical (unpaired) electrons. The van der Waals surface area contributed by atoms with Crippen molar-refractivity contribution in [2.45, 2.75) is 77.8 Å². The number of unbranched alkanes of at least 4 members (excludes halogenated alkanes) is 4. The molecule has 0 bridgehead atoms. The number of nitrogens with zero attached hydrogens (tertiary/aromatic N) is 2. The van der Waals surface area contributed by atoms with Crippen LogP contribution in [0.5, 0.6) is 0 Å². The highest BCUT2D eigenvalue weighted by Gasteiger charge is 2.25. The predicted octanol–water partition coefficient (Wildman–Crippen LogP) is 5.23. The quantitative estimate of drug-likeness (QED) is 0.329. The number of carbonyl (C=O) groups excluding carboxylic acids is 2. The third-order valence-corrected chi connectivity index (χ3v) is 6.34. The first kappa shape index (κ1) is 20.8. The second kappa shape index (κ2) is 12.3. The summed E-state index contributed by atoms with van der Waals surface area (Å²) in [5.74, 6) is 0. The van der Waals surface area contributed by atoms with Gasteiger partial charge in [0, 0.05) is 0 Å². The highest BCUT2D eigenvalue weighted by atomic mass is 28.3. The first-order chi connectivity index (χ1) is 10.4. The van der Waals surface area contributed by atoms with Gasteiger partial charge in [-0.05, 0) is 17.5 Å². The second-order valence-corrected chi connectivity index (χ2v) is 9.90. The van der Waals surface area contributed by atoms with Crippen molar-refractivity contribution < 1.29 is 18.8 Å². The Morgan fingerprint density at radius 1 is 0.909 bits per heavy atom. The Balaban J connectivity index is 3.98. The van der Waals surface area contributed by atoms with Crippen LogP contribution in [0.1, 0.15) is 66.7 Å². The molecule has 0 aliphatic carbocycles. The Hall–Kier alpha value is -1.24. The average Bonchev–Trinajstić information content (AvgIpc) is 2.45. The fourth-order valence-electron chi connectivity index (χ4n) is 2.16. The first-order valence-corrected chi connectivity index (χ1v) is 9.98. The van der Waals surface area contributed by atoms with Crippen molar-refractivity contribution in [1.29, 1.82) is 0 Å². The van der Waals surface area contributed by atoms with Crippen LogP contribution >= 0.6 is 0 Å². The molecule has 0 rings (SSSR count). The minimum Gasteiger partial charge on any atom is -0.503 e. The van der Waals surface area contributed by atoms with Gasteiger partial charge in [-0.3, -0.25) is 0 Å². The Morgan fingerprint density at radius 3 is 2.00 bits per heavy atom. The van der Waals surface area contributed by atoms with Gasteiger partial charge >= 0.3 is 12.2 Å². The maximum absolute atomic E-state index is 11.6. The Kier molecular flexibility index (Phi) is 11.6. The van der Waals surface area contributed by atoms with E-state index in [0.29, 0.717) is 17.7 Å². The summed E-state index contributed by atoms with van der Waals surface area (Å²) < 4.78 is 10.2. The van der Waals surface area contributed by atoms with Gasteiger partial charge in [-0.15, -0.1) is 0 Å². The Labute approximate surface area is 135 Å². The zero-order chi connectivity index (χ0) is 17.0. The topological polar surface area (TPSA) is 77.3 Å². The number of hydrogen-bond acceptors (Lipinski definition) is 4. The van der Waals surface area contributed by atoms with Gasteiger partial charge in [-0.25, -0.2) is 9.59 Å². The largest absolute Gasteiger partial charge is 0.503 e. The maximum Gasteiger partial charge on any atom is 0.452 e. The van der Waals surface area contributed by atoms with Crippen LogP contribution in [0, 0.1) is 0 Å². The number of azo groups is 1. The maximum atomic E-state index is 11.6. The molecule has 2 amide bonds. The summed E-state index contributed by atoms with van der Waals surface area (Å²) in [5, 5.41) is 6.52. The molecule has 0 aromatic rings. The summed E-state index contributed by atoms with van der Waals surface area (Å²) >= 11 is 0. The Morgan fingerprint density at radius 2 is 1.45 bits per heavy atom. The predicted molar refractivity (Wildman–Crippen MR) is 88.8 cm³/mol. The van der Waals surface area contributed by atoms with Crippen molar-refractivity contribution >= 4 is 21.2 Å². The molecule has 0 saturated carbocycles. The zero-order valence-corrected chi connectivity index (χ0v) is 15.7. The molecule has 128 valence electrons. The van der Waals surface area contributed by atoms with E-state index in [2.05, 4.69) is 17.2 Å². The van der Waals surface area contributed by atoms with Crippen molar-refractivity contribution in [3.8, 4) is 0 Å². The van der Waals surface area contributed by atoms with E-state index in [4.69, 9.17) is 9.16 Å². The van der Waals surface area contributed by atoms with Gasteiger partial charge in [0.05, 0.1) is 6.61 Å². The van der Waals surface area contributed by atoms with E-state index in [1.165, 1.54) is 12.8 Å². The van der Waals surface area contributed by atoms with Crippen LogP contribution in [0.4, 0.5) is 9.59 Å². The summed E-state index contributed by atoms with van der Waals surface area (Å²) in [6, 6.07) is 0. The van der Waals surface area contributed by atoms with Crippen molar-refractivity contribution in [3.63, 3.8) is 0 Å². The number of ether oxygens (including phenoxy) is 1. The number of carbonyl (C=O) groups is 2. The van der Waals surface area contributed by atoms with Crippen LogP contribution in [0.3, 0.4) is 0 Å². The molecule has 0 heterocycles. The molecule has 0 N–H and O–H groups in total. The third-order valence-electron chi connectivity index (χ3n) is 3.24. The minimum absolute atomic E-state index is 0.311. The van der Waals surface area contributed by atoms with E-state index in [0.717, 1.165) is 19.3 Å². The van der Waals surface area contributed by atoms with Gasteiger partial charge < -0.3 is 9.16 Å². The summed E-state index contributed by atoms with van der Waals surface area (Å²) in [4.78, 5) is 22.9. The molecule has 7 heteroatoms. The van der Waals surface area contributed by atoms with Gasteiger partial charge in [0.15, 0.2) is 0 Å². The molecular formula is C15H30N2O4Si. The molecule has 0 aliphatic heterocycles. The fourth-order valence-corrected chi connectivity index (χ4v) is 4.52. The van der Waals surface area contributed by atoms with Crippen LogP contribution in [-0.2, 0) is 9.16 Å². The standard InChI is InChI=1S/C15H30N2O4Si/c1-6-7-8-9-10-11-20-14(18)16-17-15(19)21-22(12(2)3)13(4)5/h12-13,22H,6-11H2,1-5H3. The van der Waals surface area contributed by atoms with Crippen molar-refractivity contribution in [3.05, 3.63) is 0 Å². The van der Waals surface area contributed by atoms with Gasteiger partial charge in [0.25, 0.3) is 0 Å². The number of rotatable bonds is 9. The molecule has 0 aliphatic rings. The molecule has 0 atom stereocenters. The molecular weight excluding hydrogens is 300 g/mol. The van der Waals surface area contributed by atoms with Gasteiger partial charge in [-0.2, -0.15) is 0 Å². The fraction of sp³-hybridized carbons (Fsp3) is 0.867. The van der Waals surface area contributed by atoms with E-state index in [1.807, 2.05) is 27.7 Å². The lowest BCUT2D eigenvalue weighted by atomic mass is 10.2. The van der Waals surface area contributed by atoms with E-state index < -0.39 is 21.2 Å². The SMILES string of the molecule is CCCCCCCOC(=O)N=NC(=O)O[SiH](C(C)C)C(C)C. The number of hydrogen-bond donors (Lipinski definition) is 0. The summed E-state index contributed by atoms with van der Waals surface area (Å²) in [5.41, 5.74) is 0.628. The highest BCUT2D eigenvalue weighted by molar-refractivity contribution is 6.56. The molecule has 0 spiro atoms.